The molecule has 0 fully saturated rings. The first-order valence-corrected chi connectivity index (χ1v) is 49.4. The van der Waals surface area contributed by atoms with E-state index in [1.165, 1.54) is 163 Å². The van der Waals surface area contributed by atoms with E-state index in [1.54, 1.807) is 56.8 Å². The van der Waals surface area contributed by atoms with Gasteiger partial charge in [-0.15, -0.1) is 0 Å². The molecule has 0 saturated heterocycles. The highest BCUT2D eigenvalue weighted by Gasteiger charge is 2.56. The van der Waals surface area contributed by atoms with Crippen molar-refractivity contribution in [2.75, 3.05) is 54.7 Å². The fourth-order valence-electron chi connectivity index (χ4n) is 12.0. The van der Waals surface area contributed by atoms with Gasteiger partial charge in [0.2, 0.25) is 0 Å². The zero-order chi connectivity index (χ0) is 99.5. The first-order chi connectivity index (χ1) is 59.7. The number of hydrogen-bond donors (Lipinski definition) is 1. The van der Waals surface area contributed by atoms with Crippen molar-refractivity contribution in [1.82, 2.24) is 4.90 Å². The van der Waals surface area contributed by atoms with Crippen molar-refractivity contribution >= 4 is 93.5 Å². The van der Waals surface area contributed by atoms with E-state index in [9.17, 15) is 98.0 Å². The Hall–Kier alpha value is -5.77. The maximum Gasteiger partial charge on any atom is 0.453 e. The van der Waals surface area contributed by atoms with Crippen LogP contribution in [0.3, 0.4) is 0 Å². The third-order valence-corrected chi connectivity index (χ3v) is 23.9. The highest BCUT2D eigenvalue weighted by Crippen LogP contribution is 2.41. The molecule has 1 N–H and O–H groups in total. The largest absolute Gasteiger partial charge is 0.478 e. The molecule has 1 unspecified atom stereocenters. The van der Waals surface area contributed by atoms with Crippen LogP contribution in [0.4, 0.5) is 74.6 Å². The number of benzene rings is 4. The quantitative estimate of drug-likeness (QED) is 0.0263. The highest BCUT2D eigenvalue weighted by molar-refractivity contribution is 7.99. The van der Waals surface area contributed by atoms with Crippen molar-refractivity contribution < 1.29 is 103 Å². The number of halogens is 18. The van der Waals surface area contributed by atoms with Crippen LogP contribution in [0.15, 0.2) is 91.0 Å². The molecule has 0 amide bonds. The fraction of sp³-hybridized carbons (Fsp3) is 0.647. The minimum absolute atomic E-state index is 0. The molecule has 4 aromatic carbocycles. The maximum absolute atomic E-state index is 13.6. The molecule has 0 radical (unpaired) electrons. The van der Waals surface area contributed by atoms with E-state index in [0.717, 1.165) is 86.1 Å². The number of carboxylic acids is 1. The van der Waals surface area contributed by atoms with Crippen molar-refractivity contribution in [3.63, 3.8) is 0 Å². The highest BCUT2D eigenvalue weighted by atomic mass is 35.5. The third kappa shape index (κ3) is 66.6. The van der Waals surface area contributed by atoms with Gasteiger partial charge in [-0.3, -0.25) is 18.6 Å². The Morgan fingerprint density at radius 2 is 0.738 bits per heavy atom. The lowest BCUT2D eigenvalue weighted by Crippen LogP contribution is -2.37. The van der Waals surface area contributed by atoms with Gasteiger partial charge in [-0.2, -0.15) is 63.0 Å². The van der Waals surface area contributed by atoms with Gasteiger partial charge in [0, 0.05) is 77.6 Å². The minimum Gasteiger partial charge on any atom is -0.478 e. The smallest absolute Gasteiger partial charge is 0.453 e. The van der Waals surface area contributed by atoms with Crippen molar-refractivity contribution in [2.45, 2.75) is 353 Å². The summed E-state index contributed by atoms with van der Waals surface area (Å²) in [4.78, 5) is 44.6. The van der Waals surface area contributed by atoms with Gasteiger partial charge >= 0.3 is 41.8 Å². The van der Waals surface area contributed by atoms with Gasteiger partial charge in [0.15, 0.2) is 17.3 Å². The van der Waals surface area contributed by atoms with Crippen LogP contribution < -0.4 is 0 Å². The topological polar surface area (TPSA) is 109 Å². The lowest BCUT2D eigenvalue weighted by atomic mass is 10.00. The van der Waals surface area contributed by atoms with E-state index >= 15 is 0 Å². The Balaban J connectivity index is -0.000000717. The monoisotopic (exact) mass is 1940 g/mol. The molecule has 0 aromatic heterocycles. The molecule has 130 heavy (non-hydrogen) atoms. The Labute approximate surface area is 785 Å². The summed E-state index contributed by atoms with van der Waals surface area (Å²) in [5.41, 5.74) is 5.15. The van der Waals surface area contributed by atoms with Gasteiger partial charge in [-0.05, 0) is 238 Å². The van der Waals surface area contributed by atoms with Crippen LogP contribution in [0.2, 0.25) is 5.02 Å². The summed E-state index contributed by atoms with van der Waals surface area (Å²) in [6.07, 6.45) is 24.3. The molecule has 28 heteroatoms. The van der Waals surface area contributed by atoms with Crippen LogP contribution in [0.5, 0.6) is 0 Å². The second-order valence-corrected chi connectivity index (χ2v) is 39.8. The van der Waals surface area contributed by atoms with Gasteiger partial charge in [0.1, 0.15) is 23.3 Å². The molecule has 7 nitrogen and oxygen atoms in total. The molecule has 0 spiro atoms. The molecule has 1 atom stereocenters. The second-order valence-electron chi connectivity index (χ2n) is 35.3. The number of carbonyl (C=O) groups is 4. The standard InChI is InChI=1S/C17H32F4OS.C17H32F4S.C16H30F5NS.C13H14F2O.C13H15FO.C13H16O.C12H12ClFO2.CH4/c1-15(2)11-8-6-4-5-7-9-13-23(22)14-10-12-17(20,21)16(3,18)19;1-15(2)11-8-6-4-5-7-9-13-22-14-10-12-17(20,21)16(3,18)19;1-14(2)8-4-5-10-22(3)11-7-13-23-12-6-9-15(17,18)16(19,20)21;1-8(2)13-11(14)6-10(7-12(13)15)5-4-9(3)16;1-9(2)12-7-6-11(8-13(12)14)5-4-10(3)15;1-10(2)13-8-6-12(7-9-13)5-4-11(3)14;1-7(2)12-9(13)5-8(6-10(12)14)3-4-11(15)16;/h15H,4-14H2,1-3H3;15H,4-14H2,1-3H3;14H,4-13H2,1-3H3;4-8H,1-3H3;4-9H,1-3H3;4-10H,1-3H3;3-7H,1-2H3,(H,15,16);1H4/b;;;3*5-4+;4-3+;. The molecular weight excluding hydrogens is 1790 g/mol. The molecule has 0 aliphatic heterocycles. The SMILES string of the molecule is C.CC(=O)/C=C/c1cc(F)c(C(C)C)c(F)c1.CC(=O)/C=C/c1ccc(C(C)C)c(F)c1.CC(=O)/C=C/c1ccc(C(C)C)cc1.CC(C)CCCCCCCCS(=O)CCCC(F)(F)C(C)(F)F.CC(C)CCCCCCCCSCCCC(F)(F)C(C)(F)F.CC(C)CCCCN(C)CCCSCCCC(F)(F)C(F)(F)F.CC(C)c1c(F)cc(/C=C/C(=O)O)cc1Cl. The molecule has 0 heterocycles. The Morgan fingerprint density at radius 1 is 0.400 bits per heavy atom. The van der Waals surface area contributed by atoms with E-state index in [-0.39, 0.29) is 85.8 Å². The van der Waals surface area contributed by atoms with Gasteiger partial charge in [0.05, 0.1) is 0 Å². The number of rotatable bonds is 53. The summed E-state index contributed by atoms with van der Waals surface area (Å²) in [5, 5.41) is 8.76. The van der Waals surface area contributed by atoms with E-state index in [4.69, 9.17) is 16.7 Å². The lowest BCUT2D eigenvalue weighted by Gasteiger charge is -2.22. The zero-order valence-corrected chi connectivity index (χ0v) is 83.3. The van der Waals surface area contributed by atoms with Crippen LogP contribution in [-0.4, -0.2) is 128 Å². The summed E-state index contributed by atoms with van der Waals surface area (Å²) in [6, 6.07) is 18.6. The number of carboxylic acid groups (broad SMARTS) is 1. The van der Waals surface area contributed by atoms with Crippen LogP contribution in [0.1, 0.15) is 361 Å². The number of thioether (sulfide) groups is 2. The summed E-state index contributed by atoms with van der Waals surface area (Å²) in [6.45, 7) is 35.6. The number of ketones is 3. The Morgan fingerprint density at radius 3 is 1.13 bits per heavy atom. The number of allylic oxidation sites excluding steroid dienone is 3. The Kier molecular flexibility index (Phi) is 71.1. The van der Waals surface area contributed by atoms with E-state index in [1.807, 2.05) is 52.0 Å². The average molecular weight is 1950 g/mol. The predicted molar refractivity (Wildman–Crippen MR) is 517 cm³/mol. The molecule has 748 valence electrons. The fourth-order valence-corrected chi connectivity index (χ4v) is 15.5. The molecule has 0 bridgehead atoms. The van der Waals surface area contributed by atoms with Crippen molar-refractivity contribution in [3.8, 4) is 0 Å². The first-order valence-electron chi connectivity index (χ1n) is 45.2. The molecular formula is C102H155ClF17NO6S3. The van der Waals surface area contributed by atoms with Gasteiger partial charge in [-0.1, -0.05) is 260 Å². The summed E-state index contributed by atoms with van der Waals surface area (Å²) >= 11 is 8.97. The molecule has 4 rings (SSSR count). The van der Waals surface area contributed by atoms with Crippen molar-refractivity contribution in [1.29, 1.82) is 0 Å². The summed E-state index contributed by atoms with van der Waals surface area (Å²) in [7, 11) is 0.885. The van der Waals surface area contributed by atoms with Crippen LogP contribution in [0, 0.1) is 41.0 Å². The number of aliphatic carboxylic acids is 1. The van der Waals surface area contributed by atoms with E-state index in [0.29, 0.717) is 62.9 Å². The minimum atomic E-state index is -5.42. The van der Waals surface area contributed by atoms with Crippen molar-refractivity contribution in [2.24, 2.45) is 17.8 Å². The van der Waals surface area contributed by atoms with Crippen LogP contribution >= 0.6 is 35.1 Å². The van der Waals surface area contributed by atoms with Gasteiger partial charge in [-0.25, -0.2) is 39.9 Å². The Bertz CT molecular complexity index is 3740. The molecule has 0 aliphatic rings. The number of carbonyl (C=O) groups excluding carboxylic acids is 3. The molecule has 0 aliphatic carbocycles. The predicted octanol–water partition coefficient (Wildman–Crippen LogP) is 34.2. The first kappa shape index (κ1) is 131. The second kappa shape index (κ2) is 70.8. The number of hydrogen-bond acceptors (Lipinski definition) is 8. The van der Waals surface area contributed by atoms with Crippen LogP contribution in [-0.2, 0) is 30.0 Å². The lowest BCUT2D eigenvalue weighted by molar-refractivity contribution is -0.284. The summed E-state index contributed by atoms with van der Waals surface area (Å²) in [5.74, 6) is -17.3. The van der Waals surface area contributed by atoms with Crippen molar-refractivity contribution in [3.05, 3.63) is 164 Å². The number of alkyl halides is 13. The normalized spacial score (nSPS) is 12.4. The summed E-state index contributed by atoms with van der Waals surface area (Å²) < 4.78 is 230. The van der Waals surface area contributed by atoms with Crippen LogP contribution in [0.25, 0.3) is 24.3 Å². The molecule has 4 aromatic rings. The van der Waals surface area contributed by atoms with E-state index < -0.39 is 89.3 Å². The molecule has 0 saturated carbocycles. The number of unbranched alkanes of at least 4 members (excludes halogenated alkanes) is 11. The maximum atomic E-state index is 13.6. The van der Waals surface area contributed by atoms with Gasteiger partial charge < -0.3 is 10.0 Å². The number of nitrogens with zero attached hydrogens (tertiary/aromatic N) is 1. The van der Waals surface area contributed by atoms with Gasteiger partial charge in [0.25, 0.3) is 0 Å². The van der Waals surface area contributed by atoms with E-state index in [2.05, 4.69) is 79.5 Å². The zero-order valence-electron chi connectivity index (χ0n) is 80.1. The third-order valence-electron chi connectivity index (χ3n) is 19.8. The average Bonchev–Trinajstić information content (AvgIpc) is 0.837.